The van der Waals surface area contributed by atoms with Gasteiger partial charge in [-0.1, -0.05) is 12.1 Å². The van der Waals surface area contributed by atoms with E-state index >= 15 is 0 Å². The van der Waals surface area contributed by atoms with E-state index in [1.165, 1.54) is 0 Å². The molecule has 5 heteroatoms. The molecule has 3 N–H and O–H groups in total. The molecule has 1 amide bonds. The Balaban J connectivity index is 1.72. The lowest BCUT2D eigenvalue weighted by Crippen LogP contribution is -2.30. The maximum absolute atomic E-state index is 12.1. The molecule has 5 nitrogen and oxygen atoms in total. The van der Waals surface area contributed by atoms with Crippen molar-refractivity contribution in [3.8, 4) is 11.3 Å². The van der Waals surface area contributed by atoms with E-state index in [4.69, 9.17) is 10.2 Å². The van der Waals surface area contributed by atoms with E-state index in [1.54, 1.807) is 13.2 Å². The zero-order valence-corrected chi connectivity index (χ0v) is 11.3. The van der Waals surface area contributed by atoms with Gasteiger partial charge in [-0.2, -0.15) is 0 Å². The predicted molar refractivity (Wildman–Crippen MR) is 76.0 cm³/mol. The highest BCUT2D eigenvalue weighted by Crippen LogP contribution is 2.45. The van der Waals surface area contributed by atoms with Gasteiger partial charge in [-0.05, 0) is 25.0 Å². The van der Waals surface area contributed by atoms with Crippen molar-refractivity contribution in [1.82, 2.24) is 4.98 Å². The summed E-state index contributed by atoms with van der Waals surface area (Å²) in [6, 6.07) is 7.55. The third-order valence-corrected chi connectivity index (χ3v) is 3.78. The summed E-state index contributed by atoms with van der Waals surface area (Å²) in [6.07, 6.45) is 3.38. The molecule has 3 rings (SSSR count). The van der Waals surface area contributed by atoms with Crippen LogP contribution in [0.3, 0.4) is 0 Å². The topological polar surface area (TPSA) is 81.2 Å². The van der Waals surface area contributed by atoms with E-state index in [9.17, 15) is 4.79 Å². The lowest BCUT2D eigenvalue weighted by atomic mass is 10.1. The molecular formula is C15H17N3O2. The van der Waals surface area contributed by atoms with Crippen molar-refractivity contribution in [3.05, 3.63) is 36.4 Å². The molecule has 1 aromatic heterocycles. The van der Waals surface area contributed by atoms with Crippen molar-refractivity contribution in [2.75, 3.05) is 11.9 Å². The minimum Gasteiger partial charge on any atom is -0.449 e. The summed E-state index contributed by atoms with van der Waals surface area (Å²) < 4.78 is 5.19. The number of carbonyl (C=O) groups excluding carboxylic acids is 1. The first-order chi connectivity index (χ1) is 9.63. The van der Waals surface area contributed by atoms with Gasteiger partial charge in [-0.25, -0.2) is 4.98 Å². The summed E-state index contributed by atoms with van der Waals surface area (Å²) >= 11 is 0. The molecule has 1 aliphatic rings. The van der Waals surface area contributed by atoms with Crippen LogP contribution in [0.15, 0.2) is 34.9 Å². The summed E-state index contributed by atoms with van der Waals surface area (Å²) in [5, 5.41) is 2.92. The number of rotatable bonds is 4. The number of aromatic nitrogens is 1. The molecule has 104 valence electrons. The third-order valence-electron chi connectivity index (χ3n) is 3.78. The lowest BCUT2D eigenvalue weighted by molar-refractivity contribution is -0.120. The second-order valence-corrected chi connectivity index (χ2v) is 5.27. The molecule has 0 bridgehead atoms. The quantitative estimate of drug-likeness (QED) is 0.894. The van der Waals surface area contributed by atoms with E-state index < -0.39 is 0 Å². The SMILES string of the molecule is Cc1nc(-c2ccc(NC(=O)C3(CN)CC3)cc2)co1. The van der Waals surface area contributed by atoms with Crippen LogP contribution < -0.4 is 11.1 Å². The Morgan fingerprint density at radius 1 is 1.40 bits per heavy atom. The van der Waals surface area contributed by atoms with Crippen molar-refractivity contribution in [2.24, 2.45) is 11.1 Å². The average Bonchev–Trinajstić information content (AvgIpc) is 3.15. The Morgan fingerprint density at radius 3 is 2.60 bits per heavy atom. The number of carbonyl (C=O) groups is 1. The van der Waals surface area contributed by atoms with Gasteiger partial charge >= 0.3 is 0 Å². The molecule has 1 heterocycles. The molecule has 0 unspecified atom stereocenters. The first-order valence-corrected chi connectivity index (χ1v) is 6.67. The van der Waals surface area contributed by atoms with Gasteiger partial charge in [-0.3, -0.25) is 4.79 Å². The molecule has 1 aliphatic carbocycles. The highest BCUT2D eigenvalue weighted by Gasteiger charge is 2.48. The Kier molecular flexibility index (Phi) is 3.06. The largest absolute Gasteiger partial charge is 0.449 e. The molecule has 0 aliphatic heterocycles. The molecule has 20 heavy (non-hydrogen) atoms. The Labute approximate surface area is 117 Å². The monoisotopic (exact) mass is 271 g/mol. The molecule has 1 fully saturated rings. The number of hydrogen-bond acceptors (Lipinski definition) is 4. The number of nitrogens with one attached hydrogen (secondary N) is 1. The first kappa shape index (κ1) is 12.9. The van der Waals surface area contributed by atoms with Crippen molar-refractivity contribution in [3.63, 3.8) is 0 Å². The molecule has 0 atom stereocenters. The van der Waals surface area contributed by atoms with E-state index in [0.717, 1.165) is 29.8 Å². The van der Waals surface area contributed by atoms with Crippen LogP contribution in [-0.4, -0.2) is 17.4 Å². The standard InChI is InChI=1S/C15H17N3O2/c1-10-17-13(8-20-10)11-2-4-12(5-3-11)18-14(19)15(9-16)6-7-15/h2-5,8H,6-7,9,16H2,1H3,(H,18,19). The summed E-state index contributed by atoms with van der Waals surface area (Å²) in [4.78, 5) is 16.3. The summed E-state index contributed by atoms with van der Waals surface area (Å²) in [7, 11) is 0. The summed E-state index contributed by atoms with van der Waals surface area (Å²) in [6.45, 7) is 2.22. The van der Waals surface area contributed by atoms with E-state index in [0.29, 0.717) is 12.4 Å². The Hall–Kier alpha value is -2.14. The van der Waals surface area contributed by atoms with Crippen LogP contribution in [0.5, 0.6) is 0 Å². The summed E-state index contributed by atoms with van der Waals surface area (Å²) in [5.41, 5.74) is 7.84. The molecule has 1 saturated carbocycles. The molecule has 1 aromatic carbocycles. The number of hydrogen-bond donors (Lipinski definition) is 2. The van der Waals surface area contributed by atoms with Crippen molar-refractivity contribution < 1.29 is 9.21 Å². The Morgan fingerprint density at radius 2 is 2.10 bits per heavy atom. The van der Waals surface area contributed by atoms with Gasteiger partial charge in [0.25, 0.3) is 0 Å². The number of nitrogens with two attached hydrogens (primary N) is 1. The molecule has 0 radical (unpaired) electrons. The minimum absolute atomic E-state index is 0.0185. The normalized spacial score (nSPS) is 15.9. The number of aryl methyl sites for hydroxylation is 1. The third kappa shape index (κ3) is 2.32. The summed E-state index contributed by atoms with van der Waals surface area (Å²) in [5.74, 6) is 0.654. The van der Waals surface area contributed by atoms with E-state index in [1.807, 2.05) is 24.3 Å². The minimum atomic E-state index is -0.331. The van der Waals surface area contributed by atoms with E-state index in [2.05, 4.69) is 10.3 Å². The molecule has 0 spiro atoms. The fraction of sp³-hybridized carbons (Fsp3) is 0.333. The van der Waals surface area contributed by atoms with Crippen LogP contribution in [0.2, 0.25) is 0 Å². The zero-order chi connectivity index (χ0) is 14.2. The second kappa shape index (κ2) is 4.76. The van der Waals surface area contributed by atoms with Crippen LogP contribution in [-0.2, 0) is 4.79 Å². The number of amides is 1. The van der Waals surface area contributed by atoms with E-state index in [-0.39, 0.29) is 11.3 Å². The highest BCUT2D eigenvalue weighted by molar-refractivity contribution is 5.97. The zero-order valence-electron chi connectivity index (χ0n) is 11.3. The van der Waals surface area contributed by atoms with Gasteiger partial charge < -0.3 is 15.5 Å². The number of oxazole rings is 1. The fourth-order valence-electron chi connectivity index (χ4n) is 2.16. The fourth-order valence-corrected chi connectivity index (χ4v) is 2.16. The van der Waals surface area contributed by atoms with Crippen LogP contribution in [0, 0.1) is 12.3 Å². The smallest absolute Gasteiger partial charge is 0.231 e. The average molecular weight is 271 g/mol. The van der Waals surface area contributed by atoms with Crippen LogP contribution >= 0.6 is 0 Å². The highest BCUT2D eigenvalue weighted by atomic mass is 16.3. The van der Waals surface area contributed by atoms with Crippen molar-refractivity contribution in [2.45, 2.75) is 19.8 Å². The van der Waals surface area contributed by atoms with Crippen LogP contribution in [0.4, 0.5) is 5.69 Å². The maximum atomic E-state index is 12.1. The first-order valence-electron chi connectivity index (χ1n) is 6.67. The van der Waals surface area contributed by atoms with Crippen LogP contribution in [0.1, 0.15) is 18.7 Å². The second-order valence-electron chi connectivity index (χ2n) is 5.27. The van der Waals surface area contributed by atoms with Gasteiger partial charge in [0, 0.05) is 24.7 Å². The van der Waals surface area contributed by atoms with Crippen molar-refractivity contribution in [1.29, 1.82) is 0 Å². The Bertz CT molecular complexity index is 627. The number of anilines is 1. The molecular weight excluding hydrogens is 254 g/mol. The van der Waals surface area contributed by atoms with Crippen LogP contribution in [0.25, 0.3) is 11.3 Å². The number of nitrogens with zero attached hydrogens (tertiary/aromatic N) is 1. The lowest BCUT2D eigenvalue weighted by Gasteiger charge is -2.12. The predicted octanol–water partition coefficient (Wildman–Crippen LogP) is 2.33. The molecule has 2 aromatic rings. The number of benzene rings is 1. The maximum Gasteiger partial charge on any atom is 0.231 e. The van der Waals surface area contributed by atoms with Gasteiger partial charge in [0.1, 0.15) is 12.0 Å². The van der Waals surface area contributed by atoms with Crippen molar-refractivity contribution >= 4 is 11.6 Å². The van der Waals surface area contributed by atoms with Gasteiger partial charge in [0.15, 0.2) is 5.89 Å². The van der Waals surface area contributed by atoms with Gasteiger partial charge in [0.05, 0.1) is 5.41 Å². The van der Waals surface area contributed by atoms with Gasteiger partial charge in [-0.15, -0.1) is 0 Å². The molecule has 0 saturated heterocycles. The van der Waals surface area contributed by atoms with Gasteiger partial charge in [0.2, 0.25) is 5.91 Å².